The number of hydrogen-bond donors (Lipinski definition) is 2. The number of anilines is 1. The average Bonchev–Trinajstić information content (AvgIpc) is 2.59. The molecule has 3 rings (SSSR count). The fraction of sp³-hybridized carbons (Fsp3) is 0.600. The van der Waals surface area contributed by atoms with Crippen molar-refractivity contribution in [2.24, 2.45) is 11.8 Å². The van der Waals surface area contributed by atoms with Crippen molar-refractivity contribution in [2.75, 3.05) is 12.3 Å². The number of rotatable bonds is 4. The molecule has 25 heavy (non-hydrogen) atoms. The summed E-state index contributed by atoms with van der Waals surface area (Å²) >= 11 is 0. The van der Waals surface area contributed by atoms with Gasteiger partial charge in [-0.05, 0) is 68.6 Å². The maximum atomic E-state index is 12.8. The van der Waals surface area contributed by atoms with Gasteiger partial charge < -0.3 is 15.6 Å². The Morgan fingerprint density at radius 3 is 2.68 bits per heavy atom. The van der Waals surface area contributed by atoms with Crippen LogP contribution in [0.1, 0.15) is 56.9 Å². The van der Waals surface area contributed by atoms with Crippen LogP contribution in [0.15, 0.2) is 24.3 Å². The second-order valence-electron chi connectivity index (χ2n) is 7.46. The highest BCUT2D eigenvalue weighted by Gasteiger charge is 2.50. The molecule has 0 saturated heterocycles. The Morgan fingerprint density at radius 2 is 2.00 bits per heavy atom. The summed E-state index contributed by atoms with van der Waals surface area (Å²) in [4.78, 5) is 24.6. The van der Waals surface area contributed by atoms with Gasteiger partial charge in [-0.25, -0.2) is 0 Å². The van der Waals surface area contributed by atoms with Gasteiger partial charge in [-0.3, -0.25) is 9.59 Å². The Morgan fingerprint density at radius 1 is 1.28 bits per heavy atom. The third-order valence-corrected chi connectivity index (χ3v) is 5.86. The molecule has 2 aliphatic carbocycles. The number of aliphatic hydroxyl groups is 1. The Balaban J connectivity index is 1.67. The molecule has 2 saturated carbocycles. The molecule has 4 atom stereocenters. The number of esters is 1. The Labute approximate surface area is 148 Å². The van der Waals surface area contributed by atoms with Crippen molar-refractivity contribution >= 4 is 17.4 Å². The highest BCUT2D eigenvalue weighted by Crippen LogP contribution is 2.47. The van der Waals surface area contributed by atoms with Crippen molar-refractivity contribution in [1.29, 1.82) is 0 Å². The molecule has 0 radical (unpaired) electrons. The van der Waals surface area contributed by atoms with Gasteiger partial charge in [0.25, 0.3) is 0 Å². The van der Waals surface area contributed by atoms with Gasteiger partial charge in [0.2, 0.25) is 0 Å². The van der Waals surface area contributed by atoms with Crippen molar-refractivity contribution < 1.29 is 19.4 Å². The highest BCUT2D eigenvalue weighted by molar-refractivity contribution is 5.93. The molecule has 0 aromatic heterocycles. The van der Waals surface area contributed by atoms with E-state index in [-0.39, 0.29) is 30.6 Å². The molecule has 0 bridgehead atoms. The topological polar surface area (TPSA) is 89.6 Å². The van der Waals surface area contributed by atoms with E-state index in [4.69, 9.17) is 10.5 Å². The van der Waals surface area contributed by atoms with Gasteiger partial charge in [0.05, 0.1) is 13.0 Å². The van der Waals surface area contributed by atoms with Gasteiger partial charge in [-0.15, -0.1) is 0 Å². The minimum absolute atomic E-state index is 0.141. The first kappa shape index (κ1) is 17.9. The highest BCUT2D eigenvalue weighted by atomic mass is 16.5. The monoisotopic (exact) mass is 345 g/mol. The van der Waals surface area contributed by atoms with Gasteiger partial charge in [-0.2, -0.15) is 0 Å². The fourth-order valence-corrected chi connectivity index (χ4v) is 4.52. The Kier molecular flexibility index (Phi) is 5.13. The lowest BCUT2D eigenvalue weighted by atomic mass is 9.61. The maximum absolute atomic E-state index is 12.8. The number of fused-ring (bicyclic) bond motifs is 1. The van der Waals surface area contributed by atoms with E-state index in [0.29, 0.717) is 12.3 Å². The second-order valence-corrected chi connectivity index (χ2v) is 7.46. The maximum Gasteiger partial charge on any atom is 0.309 e. The molecule has 2 aliphatic rings. The van der Waals surface area contributed by atoms with Crippen LogP contribution in [0.25, 0.3) is 0 Å². The van der Waals surface area contributed by atoms with Gasteiger partial charge in [0.1, 0.15) is 5.60 Å². The van der Waals surface area contributed by atoms with Gasteiger partial charge in [-0.1, -0.05) is 12.1 Å². The lowest BCUT2D eigenvalue weighted by Gasteiger charge is -2.44. The van der Waals surface area contributed by atoms with Crippen LogP contribution < -0.4 is 5.73 Å². The van der Waals surface area contributed by atoms with E-state index in [1.165, 1.54) is 5.56 Å². The predicted octanol–water partition coefficient (Wildman–Crippen LogP) is 2.82. The lowest BCUT2D eigenvalue weighted by Crippen LogP contribution is -2.51. The Hall–Kier alpha value is -1.88. The molecule has 0 heterocycles. The van der Waals surface area contributed by atoms with Crippen LogP contribution in [0, 0.1) is 11.8 Å². The number of Topliss-reactive ketones (excluding diaryl/α,β-unsaturated/α-hetero) is 1. The van der Waals surface area contributed by atoms with E-state index in [1.807, 2.05) is 12.1 Å². The minimum Gasteiger partial charge on any atom is -0.466 e. The third kappa shape index (κ3) is 3.71. The summed E-state index contributed by atoms with van der Waals surface area (Å²) in [6.07, 6.45) is 3.55. The second kappa shape index (κ2) is 7.16. The van der Waals surface area contributed by atoms with Crippen molar-refractivity contribution in [3.8, 4) is 0 Å². The molecule has 0 aliphatic heterocycles. The van der Waals surface area contributed by atoms with Crippen LogP contribution in [0.2, 0.25) is 0 Å². The van der Waals surface area contributed by atoms with Gasteiger partial charge in [0, 0.05) is 11.6 Å². The lowest BCUT2D eigenvalue weighted by molar-refractivity contribution is -0.163. The quantitative estimate of drug-likeness (QED) is 0.647. The summed E-state index contributed by atoms with van der Waals surface area (Å²) in [6.45, 7) is 1.98. The number of hydrogen-bond acceptors (Lipinski definition) is 5. The number of carbonyl (C=O) groups excluding carboxylic acids is 2. The van der Waals surface area contributed by atoms with E-state index < -0.39 is 11.6 Å². The van der Waals surface area contributed by atoms with Crippen LogP contribution in [-0.4, -0.2) is 29.1 Å². The first-order chi connectivity index (χ1) is 11.9. The molecule has 1 aromatic rings. The Bertz CT molecular complexity index is 642. The van der Waals surface area contributed by atoms with Crippen molar-refractivity contribution in [3.63, 3.8) is 0 Å². The molecule has 2 fully saturated rings. The van der Waals surface area contributed by atoms with E-state index in [0.717, 1.165) is 31.4 Å². The summed E-state index contributed by atoms with van der Waals surface area (Å²) < 4.78 is 4.92. The van der Waals surface area contributed by atoms with Gasteiger partial charge >= 0.3 is 5.97 Å². The smallest absolute Gasteiger partial charge is 0.309 e. The van der Waals surface area contributed by atoms with Crippen LogP contribution in [-0.2, 0) is 14.3 Å². The number of nitrogens with two attached hydrogens (primary N) is 1. The molecule has 0 amide bonds. The molecular weight excluding hydrogens is 318 g/mol. The largest absolute Gasteiger partial charge is 0.466 e. The minimum atomic E-state index is -1.54. The summed E-state index contributed by atoms with van der Waals surface area (Å²) in [7, 11) is 0. The zero-order valence-electron chi connectivity index (χ0n) is 14.7. The number of nitrogen functional groups attached to an aromatic ring is 1. The fourth-order valence-electron chi connectivity index (χ4n) is 4.52. The molecule has 0 spiro atoms. The van der Waals surface area contributed by atoms with E-state index >= 15 is 0 Å². The standard InChI is InChI=1S/C20H27NO4/c1-2-25-18(22)12-20(24)10-9-15-11-14(5-8-17(15)19(20)23)13-3-6-16(21)7-4-13/h3-4,6-7,14-15,17,24H,2,5,8-12,21H2,1H3. The number of ether oxygens (including phenoxy) is 1. The summed E-state index contributed by atoms with van der Waals surface area (Å²) in [5.74, 6) is -0.0738. The van der Waals surface area contributed by atoms with Gasteiger partial charge in [0.15, 0.2) is 5.78 Å². The number of benzene rings is 1. The van der Waals surface area contributed by atoms with Crippen molar-refractivity contribution in [3.05, 3.63) is 29.8 Å². The molecule has 1 aromatic carbocycles. The van der Waals surface area contributed by atoms with E-state index in [1.54, 1.807) is 6.92 Å². The van der Waals surface area contributed by atoms with E-state index in [2.05, 4.69) is 12.1 Å². The SMILES string of the molecule is CCOC(=O)CC1(O)CCC2CC(c3ccc(N)cc3)CCC2C1=O. The van der Waals surface area contributed by atoms with Crippen LogP contribution in [0.5, 0.6) is 0 Å². The molecule has 4 unspecified atom stereocenters. The molecular formula is C20H27NO4. The van der Waals surface area contributed by atoms with E-state index in [9.17, 15) is 14.7 Å². The zero-order valence-corrected chi connectivity index (χ0v) is 14.7. The first-order valence-corrected chi connectivity index (χ1v) is 9.20. The molecule has 136 valence electrons. The van der Waals surface area contributed by atoms with Crippen LogP contribution in [0.3, 0.4) is 0 Å². The van der Waals surface area contributed by atoms with Crippen LogP contribution >= 0.6 is 0 Å². The first-order valence-electron chi connectivity index (χ1n) is 9.20. The molecule has 5 nitrogen and oxygen atoms in total. The van der Waals surface area contributed by atoms with Crippen molar-refractivity contribution in [1.82, 2.24) is 0 Å². The normalized spacial score (nSPS) is 32.1. The average molecular weight is 345 g/mol. The number of carbonyl (C=O) groups is 2. The summed E-state index contributed by atoms with van der Waals surface area (Å²) in [5.41, 5.74) is 6.25. The zero-order chi connectivity index (χ0) is 18.0. The summed E-state index contributed by atoms with van der Waals surface area (Å²) in [5, 5.41) is 10.7. The third-order valence-electron chi connectivity index (χ3n) is 5.86. The molecule has 5 heteroatoms. The summed E-state index contributed by atoms with van der Waals surface area (Å²) in [6, 6.07) is 7.99. The van der Waals surface area contributed by atoms with Crippen LogP contribution in [0.4, 0.5) is 5.69 Å². The number of ketones is 1. The van der Waals surface area contributed by atoms with Crippen molar-refractivity contribution in [2.45, 2.75) is 57.0 Å². The molecule has 3 N–H and O–H groups in total. The predicted molar refractivity (Wildman–Crippen MR) is 94.9 cm³/mol.